The van der Waals surface area contributed by atoms with Gasteiger partial charge in [0.25, 0.3) is 5.91 Å². The van der Waals surface area contributed by atoms with Gasteiger partial charge in [0, 0.05) is 25.5 Å². The van der Waals surface area contributed by atoms with Gasteiger partial charge >= 0.3 is 0 Å². The van der Waals surface area contributed by atoms with Crippen LogP contribution in [-0.2, 0) is 7.05 Å². The van der Waals surface area contributed by atoms with Gasteiger partial charge < -0.3 is 15.0 Å². The summed E-state index contributed by atoms with van der Waals surface area (Å²) < 4.78 is 14.7. The van der Waals surface area contributed by atoms with Crippen LogP contribution in [0, 0.1) is 5.82 Å². The number of carbonyl (C=O) groups is 1. The maximum absolute atomic E-state index is 12.9. The minimum atomic E-state index is -0.821. The highest BCUT2D eigenvalue weighted by atomic mass is 35.5. The quantitative estimate of drug-likeness (QED) is 0.909. The van der Waals surface area contributed by atoms with Crippen LogP contribution in [0.1, 0.15) is 22.2 Å². The number of hydrogen-bond acceptors (Lipinski definition) is 2. The predicted molar refractivity (Wildman–Crippen MR) is 74.1 cm³/mol. The lowest BCUT2D eigenvalue weighted by Crippen LogP contribution is -2.29. The number of carbonyl (C=O) groups excluding carboxylic acids is 1. The molecule has 0 spiro atoms. The monoisotopic (exact) mass is 296 g/mol. The summed E-state index contributed by atoms with van der Waals surface area (Å²) in [7, 11) is 1.80. The topological polar surface area (TPSA) is 54.3 Å². The van der Waals surface area contributed by atoms with Crippen molar-refractivity contribution >= 4 is 17.5 Å². The zero-order valence-corrected chi connectivity index (χ0v) is 11.6. The number of amides is 1. The summed E-state index contributed by atoms with van der Waals surface area (Å²) in [5, 5.41) is 12.6. The average molecular weight is 297 g/mol. The first-order valence-corrected chi connectivity index (χ1v) is 6.39. The van der Waals surface area contributed by atoms with Crippen LogP contribution in [0.4, 0.5) is 4.39 Å². The van der Waals surface area contributed by atoms with Gasteiger partial charge in [0.1, 0.15) is 11.9 Å². The Kier molecular flexibility index (Phi) is 4.42. The molecule has 0 saturated carbocycles. The third kappa shape index (κ3) is 3.18. The van der Waals surface area contributed by atoms with E-state index in [2.05, 4.69) is 5.32 Å². The molecule has 0 aliphatic carbocycles. The predicted octanol–water partition coefficient (Wildman–Crippen LogP) is 2.28. The van der Waals surface area contributed by atoms with Crippen molar-refractivity contribution < 1.29 is 14.3 Å². The first kappa shape index (κ1) is 14.6. The second-order valence-corrected chi connectivity index (χ2v) is 4.80. The highest BCUT2D eigenvalue weighted by Crippen LogP contribution is 2.17. The average Bonchev–Trinajstić information content (AvgIpc) is 2.82. The molecule has 1 amide bonds. The number of aliphatic hydroxyl groups excluding tert-OH is 1. The maximum atomic E-state index is 12.9. The Morgan fingerprint density at radius 2 is 2.25 bits per heavy atom. The molecule has 20 heavy (non-hydrogen) atoms. The van der Waals surface area contributed by atoms with Crippen LogP contribution in [0.3, 0.4) is 0 Å². The molecule has 1 atom stereocenters. The Morgan fingerprint density at radius 1 is 1.50 bits per heavy atom. The largest absolute Gasteiger partial charge is 0.385 e. The minimum absolute atomic E-state index is 0.0378. The molecule has 106 valence electrons. The number of nitrogens with one attached hydrogen (secondary N) is 1. The summed E-state index contributed by atoms with van der Waals surface area (Å²) in [6.07, 6.45) is 0.982. The van der Waals surface area contributed by atoms with E-state index in [0.717, 1.165) is 12.1 Å². The van der Waals surface area contributed by atoms with Crippen molar-refractivity contribution in [1.29, 1.82) is 0 Å². The van der Waals surface area contributed by atoms with Crippen molar-refractivity contribution in [2.45, 2.75) is 6.10 Å². The van der Waals surface area contributed by atoms with E-state index in [1.807, 2.05) is 0 Å². The van der Waals surface area contributed by atoms with Gasteiger partial charge in [-0.05, 0) is 30.3 Å². The van der Waals surface area contributed by atoms with Crippen molar-refractivity contribution in [2.75, 3.05) is 6.54 Å². The number of aryl methyl sites for hydroxylation is 1. The van der Waals surface area contributed by atoms with Crippen LogP contribution in [0.15, 0.2) is 36.5 Å². The normalized spacial score (nSPS) is 12.2. The van der Waals surface area contributed by atoms with Crippen molar-refractivity contribution in [1.82, 2.24) is 9.88 Å². The molecule has 0 bridgehead atoms. The van der Waals surface area contributed by atoms with E-state index in [-0.39, 0.29) is 17.1 Å². The molecule has 1 aromatic carbocycles. The molecule has 0 radical (unpaired) electrons. The molecular formula is C14H14ClFN2O2. The van der Waals surface area contributed by atoms with Crippen molar-refractivity contribution in [3.05, 3.63) is 58.6 Å². The first-order valence-electron chi connectivity index (χ1n) is 6.01. The molecule has 0 aliphatic rings. The molecule has 0 fully saturated rings. The molecule has 1 heterocycles. The summed E-state index contributed by atoms with van der Waals surface area (Å²) in [6, 6.07) is 7.11. The summed E-state index contributed by atoms with van der Waals surface area (Å²) in [6.45, 7) is 0.0460. The Balaban J connectivity index is 2.00. The number of hydrogen-bond donors (Lipinski definition) is 2. The molecule has 6 heteroatoms. The van der Waals surface area contributed by atoms with E-state index >= 15 is 0 Å². The SMILES string of the molecule is Cn1cccc1C(O)CNC(=O)c1ccc(F)cc1Cl. The minimum Gasteiger partial charge on any atom is -0.385 e. The number of aromatic nitrogens is 1. The van der Waals surface area contributed by atoms with E-state index in [0.29, 0.717) is 5.69 Å². The van der Waals surface area contributed by atoms with Gasteiger partial charge in [0.2, 0.25) is 0 Å². The molecule has 0 saturated heterocycles. The highest BCUT2D eigenvalue weighted by Gasteiger charge is 2.15. The number of rotatable bonds is 4. The second kappa shape index (κ2) is 6.07. The number of nitrogens with zero attached hydrogens (tertiary/aromatic N) is 1. The standard InChI is InChI=1S/C14H14ClFN2O2/c1-18-6-2-3-12(18)13(19)8-17-14(20)10-5-4-9(16)7-11(10)15/h2-7,13,19H,8H2,1H3,(H,17,20). The number of aliphatic hydroxyl groups is 1. The van der Waals surface area contributed by atoms with Crippen LogP contribution in [0.2, 0.25) is 5.02 Å². The smallest absolute Gasteiger partial charge is 0.252 e. The van der Waals surface area contributed by atoms with Crippen LogP contribution >= 0.6 is 11.6 Å². The van der Waals surface area contributed by atoms with Gasteiger partial charge in [-0.2, -0.15) is 0 Å². The Labute approximate surface area is 120 Å². The lowest BCUT2D eigenvalue weighted by molar-refractivity contribution is 0.0912. The lowest BCUT2D eigenvalue weighted by atomic mass is 10.2. The molecule has 4 nitrogen and oxygen atoms in total. The highest BCUT2D eigenvalue weighted by molar-refractivity contribution is 6.33. The molecular weight excluding hydrogens is 283 g/mol. The molecule has 2 rings (SSSR count). The van der Waals surface area contributed by atoms with Gasteiger partial charge in [0.15, 0.2) is 0 Å². The van der Waals surface area contributed by atoms with Gasteiger partial charge in [-0.1, -0.05) is 11.6 Å². The first-order chi connectivity index (χ1) is 9.49. The maximum Gasteiger partial charge on any atom is 0.252 e. The third-order valence-electron chi connectivity index (χ3n) is 2.96. The van der Waals surface area contributed by atoms with E-state index < -0.39 is 17.8 Å². The zero-order chi connectivity index (χ0) is 14.7. The summed E-state index contributed by atoms with van der Waals surface area (Å²) in [4.78, 5) is 11.9. The Bertz CT molecular complexity index is 627. The van der Waals surface area contributed by atoms with Gasteiger partial charge in [-0.3, -0.25) is 4.79 Å². The van der Waals surface area contributed by atoms with Crippen molar-refractivity contribution in [3.63, 3.8) is 0 Å². The van der Waals surface area contributed by atoms with Crippen LogP contribution in [0.5, 0.6) is 0 Å². The second-order valence-electron chi connectivity index (χ2n) is 4.39. The van der Waals surface area contributed by atoms with Crippen LogP contribution in [-0.4, -0.2) is 22.1 Å². The summed E-state index contributed by atoms with van der Waals surface area (Å²) in [5.41, 5.74) is 0.864. The fourth-order valence-electron chi connectivity index (χ4n) is 1.88. The summed E-state index contributed by atoms with van der Waals surface area (Å²) in [5.74, 6) is -0.960. The van der Waals surface area contributed by atoms with Gasteiger partial charge in [0.05, 0.1) is 10.6 Å². The van der Waals surface area contributed by atoms with E-state index in [9.17, 15) is 14.3 Å². The molecule has 2 aromatic rings. The Hall–Kier alpha value is -1.85. The third-order valence-corrected chi connectivity index (χ3v) is 3.27. The van der Waals surface area contributed by atoms with Crippen molar-refractivity contribution in [3.8, 4) is 0 Å². The number of halogens is 2. The van der Waals surface area contributed by atoms with Crippen LogP contribution in [0.25, 0.3) is 0 Å². The zero-order valence-electron chi connectivity index (χ0n) is 10.8. The Morgan fingerprint density at radius 3 is 2.85 bits per heavy atom. The molecule has 0 aliphatic heterocycles. The van der Waals surface area contributed by atoms with Gasteiger partial charge in [-0.25, -0.2) is 4.39 Å². The molecule has 2 N–H and O–H groups in total. The fourth-order valence-corrected chi connectivity index (χ4v) is 2.14. The van der Waals surface area contributed by atoms with Crippen molar-refractivity contribution in [2.24, 2.45) is 7.05 Å². The van der Waals surface area contributed by atoms with E-state index in [4.69, 9.17) is 11.6 Å². The van der Waals surface area contributed by atoms with E-state index in [1.165, 1.54) is 6.07 Å². The number of benzene rings is 1. The fraction of sp³-hybridized carbons (Fsp3) is 0.214. The van der Waals surface area contributed by atoms with Gasteiger partial charge in [-0.15, -0.1) is 0 Å². The molecule has 1 unspecified atom stereocenters. The molecule has 1 aromatic heterocycles. The van der Waals surface area contributed by atoms with Crippen LogP contribution < -0.4 is 5.32 Å². The summed E-state index contributed by atoms with van der Waals surface area (Å²) >= 11 is 5.80. The van der Waals surface area contributed by atoms with E-state index in [1.54, 1.807) is 29.9 Å². The lowest BCUT2D eigenvalue weighted by Gasteiger charge is -2.13.